The molecule has 0 saturated carbocycles. The van der Waals surface area contributed by atoms with E-state index in [1.807, 2.05) is 26.0 Å². The van der Waals surface area contributed by atoms with Gasteiger partial charge in [-0.25, -0.2) is 0 Å². The zero-order valence-corrected chi connectivity index (χ0v) is 4.23. The SMILES string of the molecule is C/C=C/C(C)[NH]. The van der Waals surface area contributed by atoms with Crippen LogP contribution < -0.4 is 5.73 Å². The molecule has 0 rings (SSSR count). The fourth-order valence-corrected chi connectivity index (χ4v) is 0.289. The molecular weight excluding hydrogens is 74.1 g/mol. The van der Waals surface area contributed by atoms with Crippen molar-refractivity contribution in [3.8, 4) is 0 Å². The highest BCUT2D eigenvalue weighted by Gasteiger charge is 1.77. The molecule has 1 heteroatoms. The summed E-state index contributed by atoms with van der Waals surface area (Å²) in [5.74, 6) is 0. The van der Waals surface area contributed by atoms with Crippen LogP contribution in [0.15, 0.2) is 12.2 Å². The van der Waals surface area contributed by atoms with Gasteiger partial charge < -0.3 is 0 Å². The molecule has 0 spiro atoms. The summed E-state index contributed by atoms with van der Waals surface area (Å²) in [5.41, 5.74) is 6.89. The number of hydrogen-bond donors (Lipinski definition) is 0. The minimum Gasteiger partial charge on any atom is -0.251 e. The molecule has 0 aromatic carbocycles. The summed E-state index contributed by atoms with van der Waals surface area (Å²) < 4.78 is 0. The first-order valence-corrected chi connectivity index (χ1v) is 2.11. The van der Waals surface area contributed by atoms with E-state index in [1.54, 1.807) is 0 Å². The van der Waals surface area contributed by atoms with E-state index >= 15 is 0 Å². The van der Waals surface area contributed by atoms with Crippen molar-refractivity contribution in [2.75, 3.05) is 0 Å². The third-order valence-corrected chi connectivity index (χ3v) is 0.481. The molecule has 1 radical (unpaired) electrons. The van der Waals surface area contributed by atoms with Gasteiger partial charge in [-0.3, -0.25) is 5.73 Å². The highest BCUT2D eigenvalue weighted by atomic mass is 14.6. The van der Waals surface area contributed by atoms with Gasteiger partial charge in [-0.1, -0.05) is 12.2 Å². The zero-order chi connectivity index (χ0) is 4.99. The van der Waals surface area contributed by atoms with E-state index in [0.717, 1.165) is 0 Å². The lowest BCUT2D eigenvalue weighted by Gasteiger charge is -1.86. The second-order valence-corrected chi connectivity index (χ2v) is 1.31. The Labute approximate surface area is 38.8 Å². The lowest BCUT2D eigenvalue weighted by atomic mass is 10.3. The molecule has 0 amide bonds. The Balaban J connectivity index is 3.03. The number of hydrogen-bond acceptors (Lipinski definition) is 0. The van der Waals surface area contributed by atoms with E-state index in [-0.39, 0.29) is 6.04 Å². The van der Waals surface area contributed by atoms with E-state index < -0.39 is 0 Å². The quantitative estimate of drug-likeness (QED) is 0.427. The van der Waals surface area contributed by atoms with Crippen LogP contribution in [0.1, 0.15) is 13.8 Å². The van der Waals surface area contributed by atoms with Crippen molar-refractivity contribution < 1.29 is 0 Å². The van der Waals surface area contributed by atoms with Gasteiger partial charge in [-0.05, 0) is 13.8 Å². The van der Waals surface area contributed by atoms with Crippen LogP contribution in [0.5, 0.6) is 0 Å². The van der Waals surface area contributed by atoms with Gasteiger partial charge in [0.25, 0.3) is 0 Å². The summed E-state index contributed by atoms with van der Waals surface area (Å²) in [6.45, 7) is 3.76. The maximum atomic E-state index is 6.89. The van der Waals surface area contributed by atoms with E-state index in [4.69, 9.17) is 5.73 Å². The Morgan fingerprint density at radius 3 is 2.17 bits per heavy atom. The summed E-state index contributed by atoms with van der Waals surface area (Å²) in [6.07, 6.45) is 3.72. The number of rotatable bonds is 1. The molecule has 0 aliphatic carbocycles. The molecule has 0 saturated heterocycles. The molecular formula is C5H10N. The average molecular weight is 84.1 g/mol. The van der Waals surface area contributed by atoms with Crippen molar-refractivity contribution in [2.24, 2.45) is 0 Å². The molecule has 1 atom stereocenters. The van der Waals surface area contributed by atoms with Crippen LogP contribution in [0, 0.1) is 0 Å². The summed E-state index contributed by atoms with van der Waals surface area (Å²) in [7, 11) is 0. The van der Waals surface area contributed by atoms with Crippen LogP contribution in [0.4, 0.5) is 0 Å². The van der Waals surface area contributed by atoms with Gasteiger partial charge in [0.05, 0.1) is 0 Å². The molecule has 0 fully saturated rings. The highest BCUT2D eigenvalue weighted by Crippen LogP contribution is 1.77. The third kappa shape index (κ3) is 3.70. The average Bonchev–Trinajstić information content (AvgIpc) is 1.35. The van der Waals surface area contributed by atoms with Gasteiger partial charge in [-0.15, -0.1) is 0 Å². The smallest absolute Gasteiger partial charge is 0.0364 e. The zero-order valence-electron chi connectivity index (χ0n) is 4.23. The Morgan fingerprint density at radius 1 is 1.67 bits per heavy atom. The normalized spacial score (nSPS) is 15.8. The van der Waals surface area contributed by atoms with Gasteiger partial charge in [0.1, 0.15) is 0 Å². The van der Waals surface area contributed by atoms with E-state index in [1.165, 1.54) is 0 Å². The molecule has 35 valence electrons. The van der Waals surface area contributed by atoms with Crippen LogP contribution in [0.3, 0.4) is 0 Å². The molecule has 6 heavy (non-hydrogen) atoms. The molecule has 1 N–H and O–H groups in total. The summed E-state index contributed by atoms with van der Waals surface area (Å²) in [4.78, 5) is 0. The van der Waals surface area contributed by atoms with E-state index in [2.05, 4.69) is 0 Å². The molecule has 0 aliphatic heterocycles. The topological polar surface area (TPSA) is 23.8 Å². The summed E-state index contributed by atoms with van der Waals surface area (Å²) >= 11 is 0. The Hall–Kier alpha value is -0.300. The number of nitrogens with one attached hydrogen (secondary N) is 1. The van der Waals surface area contributed by atoms with Crippen molar-refractivity contribution in [3.63, 3.8) is 0 Å². The maximum absolute atomic E-state index is 6.89. The molecule has 1 unspecified atom stereocenters. The lowest BCUT2D eigenvalue weighted by Crippen LogP contribution is -1.93. The molecule has 0 aromatic rings. The first kappa shape index (κ1) is 5.70. The Morgan fingerprint density at radius 2 is 2.17 bits per heavy atom. The first-order valence-electron chi connectivity index (χ1n) is 2.11. The highest BCUT2D eigenvalue weighted by molar-refractivity contribution is 4.84. The second kappa shape index (κ2) is 2.91. The summed E-state index contributed by atoms with van der Waals surface area (Å²) in [5, 5.41) is 0. The fourth-order valence-electron chi connectivity index (χ4n) is 0.289. The second-order valence-electron chi connectivity index (χ2n) is 1.31. The number of allylic oxidation sites excluding steroid dienone is 1. The Bertz CT molecular complexity index is 45.9. The van der Waals surface area contributed by atoms with E-state index in [9.17, 15) is 0 Å². The maximum Gasteiger partial charge on any atom is 0.0364 e. The van der Waals surface area contributed by atoms with Crippen LogP contribution >= 0.6 is 0 Å². The van der Waals surface area contributed by atoms with Crippen molar-refractivity contribution >= 4 is 0 Å². The predicted octanol–water partition coefficient (Wildman–Crippen LogP) is 1.23. The van der Waals surface area contributed by atoms with Crippen molar-refractivity contribution in [3.05, 3.63) is 12.2 Å². The van der Waals surface area contributed by atoms with Gasteiger partial charge >= 0.3 is 0 Å². The molecule has 0 heterocycles. The Kier molecular flexibility index (Phi) is 2.77. The minimum absolute atomic E-state index is 0.0324. The fraction of sp³-hybridized carbons (Fsp3) is 0.600. The van der Waals surface area contributed by atoms with Gasteiger partial charge in [0, 0.05) is 6.04 Å². The molecule has 0 bridgehead atoms. The van der Waals surface area contributed by atoms with Crippen molar-refractivity contribution in [2.45, 2.75) is 19.9 Å². The monoisotopic (exact) mass is 84.1 g/mol. The van der Waals surface area contributed by atoms with Crippen molar-refractivity contribution in [1.29, 1.82) is 0 Å². The van der Waals surface area contributed by atoms with Gasteiger partial charge in [0.2, 0.25) is 0 Å². The first-order chi connectivity index (χ1) is 2.77. The summed E-state index contributed by atoms with van der Waals surface area (Å²) in [6, 6.07) is -0.0324. The van der Waals surface area contributed by atoms with Crippen LogP contribution in [-0.2, 0) is 0 Å². The van der Waals surface area contributed by atoms with Gasteiger partial charge in [-0.2, -0.15) is 0 Å². The van der Waals surface area contributed by atoms with Crippen molar-refractivity contribution in [1.82, 2.24) is 5.73 Å². The standard InChI is InChI=1S/C5H10N/c1-3-4-5(2)6/h3-6H,1-2H3/b4-3+. The van der Waals surface area contributed by atoms with Crippen LogP contribution in [0.25, 0.3) is 0 Å². The molecule has 0 aliphatic rings. The predicted molar refractivity (Wildman–Crippen MR) is 27.4 cm³/mol. The largest absolute Gasteiger partial charge is 0.251 e. The minimum atomic E-state index is -0.0324. The van der Waals surface area contributed by atoms with Crippen LogP contribution in [-0.4, -0.2) is 6.04 Å². The molecule has 0 aromatic heterocycles. The molecule has 1 nitrogen and oxygen atoms in total. The third-order valence-electron chi connectivity index (χ3n) is 0.481. The lowest BCUT2D eigenvalue weighted by molar-refractivity contribution is 0.889. The van der Waals surface area contributed by atoms with Gasteiger partial charge in [0.15, 0.2) is 0 Å². The van der Waals surface area contributed by atoms with E-state index in [0.29, 0.717) is 0 Å². The van der Waals surface area contributed by atoms with Crippen LogP contribution in [0.2, 0.25) is 0 Å².